The van der Waals surface area contributed by atoms with Crippen molar-refractivity contribution < 1.29 is 18.4 Å². The zero-order valence-corrected chi connectivity index (χ0v) is 11.2. The van der Waals surface area contributed by atoms with E-state index in [1.807, 2.05) is 0 Å². The highest BCUT2D eigenvalue weighted by Crippen LogP contribution is 2.63. The maximum absolute atomic E-state index is 11.4. The van der Waals surface area contributed by atoms with Gasteiger partial charge in [-0.25, -0.2) is 9.63 Å². The maximum Gasteiger partial charge on any atom is 0.544 e. The van der Waals surface area contributed by atoms with Crippen molar-refractivity contribution in [3.8, 4) is 0 Å². The summed E-state index contributed by atoms with van der Waals surface area (Å²) in [4.78, 5) is 3.88. The molecule has 0 aliphatic carbocycles. The van der Waals surface area contributed by atoms with Gasteiger partial charge in [0.25, 0.3) is 5.96 Å². The van der Waals surface area contributed by atoms with Gasteiger partial charge in [-0.05, 0) is 12.8 Å². The number of fused-ring (bicyclic) bond motifs is 2. The number of nitrogens with one attached hydrogen (secondary N) is 1. The maximum atomic E-state index is 11.4. The molecule has 0 unspecified atom stereocenters. The third kappa shape index (κ3) is 3.57. The quantitative estimate of drug-likeness (QED) is 0.263. The normalized spacial score (nSPS) is 25.2. The number of rotatable bonds is 7. The molecule has 0 amide bonds. The van der Waals surface area contributed by atoms with E-state index in [1.54, 1.807) is 0 Å². The Labute approximate surface area is 110 Å². The van der Waals surface area contributed by atoms with E-state index in [2.05, 4.69) is 14.2 Å². The second-order valence-corrected chi connectivity index (χ2v) is 5.48. The molecule has 3 aliphatic rings. The lowest BCUT2D eigenvalue weighted by Crippen LogP contribution is -2.53. The average Bonchev–Trinajstić information content (AvgIpc) is 2.30. The highest BCUT2D eigenvalue weighted by Gasteiger charge is 2.55. The summed E-state index contributed by atoms with van der Waals surface area (Å²) < 4.78 is 25.6. The molecule has 0 saturated carbocycles. The zero-order valence-electron chi connectivity index (χ0n) is 10.3. The standard InChI is InChI=1S/C8H17N6O4P/c9-7(10)12-5-3-1-2-4-6-13-8(11)14-17-19(15,16-13)18-14/h11H,1-6H2,(H4,9,10,12). The van der Waals surface area contributed by atoms with Crippen LogP contribution < -0.4 is 11.5 Å². The molecule has 19 heavy (non-hydrogen) atoms. The van der Waals surface area contributed by atoms with Crippen LogP contribution >= 0.6 is 7.82 Å². The molecule has 3 fully saturated rings. The number of nitrogens with two attached hydrogens (primary N) is 2. The number of hydroxylamine groups is 4. The molecule has 0 aromatic carbocycles. The van der Waals surface area contributed by atoms with Gasteiger partial charge < -0.3 is 11.5 Å². The molecule has 11 heteroatoms. The van der Waals surface area contributed by atoms with Crippen LogP contribution in [-0.2, 0) is 18.4 Å². The van der Waals surface area contributed by atoms with E-state index in [4.69, 9.17) is 21.5 Å². The first kappa shape index (κ1) is 14.1. The predicted octanol–water partition coefficient (Wildman–Crippen LogP) is 0.289. The fourth-order valence-corrected chi connectivity index (χ4v) is 2.61. The van der Waals surface area contributed by atoms with E-state index in [0.717, 1.165) is 30.9 Å². The third-order valence-corrected chi connectivity index (χ3v) is 3.61. The fourth-order valence-electron chi connectivity index (χ4n) is 1.62. The van der Waals surface area contributed by atoms with Gasteiger partial charge in [-0.3, -0.25) is 10.4 Å². The Morgan fingerprint density at radius 3 is 2.58 bits per heavy atom. The Balaban J connectivity index is 1.58. The minimum Gasteiger partial charge on any atom is -0.370 e. The Bertz CT molecular complexity index is 415. The van der Waals surface area contributed by atoms with Gasteiger partial charge in [-0.2, -0.15) is 4.62 Å². The monoisotopic (exact) mass is 292 g/mol. The molecule has 0 spiro atoms. The summed E-state index contributed by atoms with van der Waals surface area (Å²) in [6.07, 6.45) is 3.58. The molecular weight excluding hydrogens is 275 g/mol. The van der Waals surface area contributed by atoms with Crippen LogP contribution in [0.4, 0.5) is 0 Å². The van der Waals surface area contributed by atoms with E-state index < -0.39 is 7.82 Å². The van der Waals surface area contributed by atoms with Crippen LogP contribution in [0.25, 0.3) is 0 Å². The van der Waals surface area contributed by atoms with Gasteiger partial charge in [0.15, 0.2) is 5.96 Å². The minimum absolute atomic E-state index is 0.105. The van der Waals surface area contributed by atoms with Gasteiger partial charge in [-0.15, -0.1) is 9.25 Å². The summed E-state index contributed by atoms with van der Waals surface area (Å²) in [6, 6.07) is 0. The lowest BCUT2D eigenvalue weighted by Gasteiger charge is -2.44. The van der Waals surface area contributed by atoms with Gasteiger partial charge in [0.05, 0.1) is 0 Å². The number of hydrogen-bond donors (Lipinski definition) is 3. The van der Waals surface area contributed by atoms with Crippen LogP contribution in [0.3, 0.4) is 0 Å². The van der Waals surface area contributed by atoms with Gasteiger partial charge in [0.1, 0.15) is 0 Å². The lowest BCUT2D eigenvalue weighted by molar-refractivity contribution is -0.351. The average molecular weight is 292 g/mol. The molecule has 10 nitrogen and oxygen atoms in total. The molecule has 0 aromatic heterocycles. The SMILES string of the molecule is N=C1N(CCCCCCN=C(N)N)OP2(=O)ON1O2. The molecule has 3 saturated heterocycles. The highest BCUT2D eigenvalue weighted by molar-refractivity contribution is 7.49. The molecule has 0 aromatic rings. The largest absolute Gasteiger partial charge is 0.544 e. The second kappa shape index (κ2) is 5.74. The van der Waals surface area contributed by atoms with Crippen LogP contribution in [-0.4, -0.2) is 35.3 Å². The number of guanidine groups is 2. The highest BCUT2D eigenvalue weighted by atomic mass is 31.2. The van der Waals surface area contributed by atoms with E-state index in [-0.39, 0.29) is 11.9 Å². The summed E-state index contributed by atoms with van der Waals surface area (Å²) in [5.41, 5.74) is 10.4. The molecule has 108 valence electrons. The molecule has 2 bridgehead atoms. The lowest BCUT2D eigenvalue weighted by atomic mass is 10.2. The Morgan fingerprint density at radius 1 is 1.21 bits per heavy atom. The van der Waals surface area contributed by atoms with E-state index in [0.29, 0.717) is 13.1 Å². The first-order valence-corrected chi connectivity index (χ1v) is 7.37. The van der Waals surface area contributed by atoms with Crippen molar-refractivity contribution in [2.75, 3.05) is 13.1 Å². The van der Waals surface area contributed by atoms with Gasteiger partial charge >= 0.3 is 7.82 Å². The number of hydrogen-bond acceptors (Lipinski definition) is 6. The zero-order chi connectivity index (χ0) is 13.9. The van der Waals surface area contributed by atoms with Crippen molar-refractivity contribution in [1.82, 2.24) is 10.3 Å². The van der Waals surface area contributed by atoms with E-state index in [9.17, 15) is 4.57 Å². The summed E-state index contributed by atoms with van der Waals surface area (Å²) in [5.74, 6) is -0.00798. The number of nitrogens with zero attached hydrogens (tertiary/aromatic N) is 3. The number of phosphoric acid groups is 1. The van der Waals surface area contributed by atoms with Crippen molar-refractivity contribution in [1.29, 1.82) is 5.41 Å². The van der Waals surface area contributed by atoms with Crippen LogP contribution in [0.5, 0.6) is 0 Å². The molecule has 3 rings (SSSR count). The predicted molar refractivity (Wildman–Crippen MR) is 66.3 cm³/mol. The van der Waals surface area contributed by atoms with Crippen LogP contribution in [0.15, 0.2) is 4.99 Å². The van der Waals surface area contributed by atoms with Crippen molar-refractivity contribution in [2.24, 2.45) is 16.5 Å². The van der Waals surface area contributed by atoms with Gasteiger partial charge in [0, 0.05) is 13.1 Å². The van der Waals surface area contributed by atoms with Crippen molar-refractivity contribution in [2.45, 2.75) is 25.7 Å². The smallest absolute Gasteiger partial charge is 0.370 e. The number of unbranched alkanes of at least 4 members (excludes halogenated alkanes) is 3. The van der Waals surface area contributed by atoms with Gasteiger partial charge in [-0.1, -0.05) is 18.1 Å². The fraction of sp³-hybridized carbons (Fsp3) is 0.750. The minimum atomic E-state index is -3.45. The van der Waals surface area contributed by atoms with Crippen molar-refractivity contribution in [3.05, 3.63) is 0 Å². The van der Waals surface area contributed by atoms with Crippen molar-refractivity contribution >= 4 is 19.7 Å². The van der Waals surface area contributed by atoms with Crippen LogP contribution in [0.2, 0.25) is 0 Å². The summed E-state index contributed by atoms with van der Waals surface area (Å²) in [6.45, 7) is 1.07. The Hall–Kier alpha value is -1.35. The summed E-state index contributed by atoms with van der Waals surface area (Å²) >= 11 is 0. The number of aliphatic imine (C=N–C) groups is 1. The van der Waals surface area contributed by atoms with Crippen LogP contribution in [0.1, 0.15) is 25.7 Å². The third-order valence-electron chi connectivity index (χ3n) is 2.52. The van der Waals surface area contributed by atoms with Crippen LogP contribution in [0, 0.1) is 5.41 Å². The Morgan fingerprint density at radius 2 is 1.89 bits per heavy atom. The molecule has 0 atom stereocenters. The summed E-state index contributed by atoms with van der Waals surface area (Å²) in [7, 11) is -3.45. The molecule has 0 radical (unpaired) electrons. The molecule has 3 aliphatic heterocycles. The first-order chi connectivity index (χ1) is 9.00. The Kier molecular flexibility index (Phi) is 4.25. The van der Waals surface area contributed by atoms with Crippen molar-refractivity contribution in [3.63, 3.8) is 0 Å². The summed E-state index contributed by atoms with van der Waals surface area (Å²) in [5, 5.41) is 9.57. The van der Waals surface area contributed by atoms with E-state index in [1.165, 1.54) is 5.06 Å². The van der Waals surface area contributed by atoms with Gasteiger partial charge in [0.2, 0.25) is 0 Å². The van der Waals surface area contributed by atoms with E-state index >= 15 is 0 Å². The topological polar surface area (TPSA) is 139 Å². The first-order valence-electron chi connectivity index (χ1n) is 5.91. The molecule has 5 N–H and O–H groups in total. The molecular formula is C8H17N6O4P. The molecule has 3 heterocycles. The second-order valence-electron chi connectivity index (χ2n) is 4.10.